The summed E-state index contributed by atoms with van der Waals surface area (Å²) < 4.78 is 0. The molecule has 2 aromatic rings. The molecule has 0 aliphatic rings. The van der Waals surface area contributed by atoms with E-state index in [1.54, 1.807) is 29.5 Å². The average molecular weight is 396 g/mol. The maximum atomic E-state index is 11.8. The second kappa shape index (κ2) is 10.8. The van der Waals surface area contributed by atoms with Crippen LogP contribution in [0.2, 0.25) is 5.02 Å². The molecule has 0 spiro atoms. The van der Waals surface area contributed by atoms with Gasteiger partial charge >= 0.3 is 11.9 Å². The highest BCUT2D eigenvalue weighted by Gasteiger charge is 2.07. The predicted octanol–water partition coefficient (Wildman–Crippen LogP) is 2.16. The first-order chi connectivity index (χ1) is 12.3. The number of carbonyl (C=O) groups excluding carboxylic acids is 1. The summed E-state index contributed by atoms with van der Waals surface area (Å²) in [6, 6.07) is 10.7. The Morgan fingerprint density at radius 2 is 1.88 bits per heavy atom. The Hall–Kier alpha value is -2.93. The van der Waals surface area contributed by atoms with Crippen molar-refractivity contribution >= 4 is 46.5 Å². The molecule has 0 bridgehead atoms. The fourth-order valence-corrected chi connectivity index (χ4v) is 2.47. The fourth-order valence-electron chi connectivity index (χ4n) is 1.62. The normalized spacial score (nSPS) is 9.38. The molecule has 8 nitrogen and oxygen atoms in total. The van der Waals surface area contributed by atoms with Crippen LogP contribution >= 0.6 is 22.9 Å². The van der Waals surface area contributed by atoms with E-state index in [9.17, 15) is 4.79 Å². The van der Waals surface area contributed by atoms with Gasteiger partial charge in [-0.05, 0) is 29.6 Å². The minimum absolute atomic E-state index is 0.176. The van der Waals surface area contributed by atoms with Gasteiger partial charge < -0.3 is 20.8 Å². The number of benzene rings is 1. The number of hydrogen-bond donors (Lipinski definition) is 4. The Morgan fingerprint density at radius 1 is 1.19 bits per heavy atom. The molecule has 0 radical (unpaired) electrons. The summed E-state index contributed by atoms with van der Waals surface area (Å²) in [5.74, 6) is -3.86. The number of carboxylic acid groups (broad SMARTS) is 2. The van der Waals surface area contributed by atoms with Crippen LogP contribution in [-0.2, 0) is 20.9 Å². The van der Waals surface area contributed by atoms with E-state index < -0.39 is 11.9 Å². The van der Waals surface area contributed by atoms with Crippen LogP contribution in [0.25, 0.3) is 0 Å². The lowest BCUT2D eigenvalue weighted by molar-refractivity contribution is -0.159. The van der Waals surface area contributed by atoms with Gasteiger partial charge in [-0.1, -0.05) is 17.7 Å². The molecule has 0 fully saturated rings. The number of carboxylic acids is 2. The summed E-state index contributed by atoms with van der Waals surface area (Å²) in [7, 11) is 0. The van der Waals surface area contributed by atoms with Gasteiger partial charge in [0.25, 0.3) is 0 Å². The van der Waals surface area contributed by atoms with Crippen LogP contribution in [0.5, 0.6) is 0 Å². The topological polar surface area (TPSA) is 140 Å². The number of thiophene rings is 1. The first kappa shape index (κ1) is 21.1. The van der Waals surface area contributed by atoms with Crippen molar-refractivity contribution in [3.63, 3.8) is 0 Å². The van der Waals surface area contributed by atoms with Gasteiger partial charge in [-0.25, -0.2) is 9.59 Å². The largest absolute Gasteiger partial charge is 0.473 e. The zero-order valence-electron chi connectivity index (χ0n) is 13.2. The highest BCUT2D eigenvalue weighted by Crippen LogP contribution is 2.20. The number of amides is 1. The second-order valence-corrected chi connectivity index (χ2v) is 6.11. The third kappa shape index (κ3) is 7.76. The Labute approximate surface area is 157 Å². The molecular weight excluding hydrogens is 382 g/mol. The molecule has 0 saturated heterocycles. The van der Waals surface area contributed by atoms with E-state index >= 15 is 0 Å². The lowest BCUT2D eigenvalue weighted by Crippen LogP contribution is -2.27. The molecule has 0 aliphatic carbocycles. The maximum Gasteiger partial charge on any atom is 0.414 e. The van der Waals surface area contributed by atoms with Crippen molar-refractivity contribution in [1.29, 1.82) is 5.26 Å². The molecule has 2 rings (SSSR count). The Morgan fingerprint density at radius 3 is 2.42 bits per heavy atom. The van der Waals surface area contributed by atoms with Gasteiger partial charge in [-0.15, -0.1) is 11.3 Å². The van der Waals surface area contributed by atoms with Crippen LogP contribution in [0.3, 0.4) is 0 Å². The number of halogens is 1. The molecule has 10 heteroatoms. The molecule has 0 unspecified atom stereocenters. The number of anilines is 1. The van der Waals surface area contributed by atoms with Crippen molar-refractivity contribution in [2.24, 2.45) is 0 Å². The van der Waals surface area contributed by atoms with E-state index in [0.29, 0.717) is 22.8 Å². The lowest BCUT2D eigenvalue weighted by atomic mass is 10.2. The fraction of sp³-hybridized carbons (Fsp3) is 0.125. The van der Waals surface area contributed by atoms with Crippen LogP contribution in [0.4, 0.5) is 5.69 Å². The van der Waals surface area contributed by atoms with Gasteiger partial charge in [0.15, 0.2) is 0 Å². The van der Waals surface area contributed by atoms with Crippen molar-refractivity contribution < 1.29 is 24.6 Å². The number of rotatable bonds is 5. The van der Waals surface area contributed by atoms with Crippen molar-refractivity contribution in [2.75, 3.05) is 11.9 Å². The van der Waals surface area contributed by atoms with E-state index in [-0.39, 0.29) is 12.5 Å². The zero-order chi connectivity index (χ0) is 19.5. The third-order valence-electron chi connectivity index (χ3n) is 2.72. The molecule has 0 atom stereocenters. The smallest absolute Gasteiger partial charge is 0.414 e. The van der Waals surface area contributed by atoms with Gasteiger partial charge in [0.05, 0.1) is 17.8 Å². The monoisotopic (exact) mass is 395 g/mol. The minimum Gasteiger partial charge on any atom is -0.473 e. The highest BCUT2D eigenvalue weighted by atomic mass is 35.5. The van der Waals surface area contributed by atoms with E-state index in [0.717, 1.165) is 0 Å². The van der Waals surface area contributed by atoms with Gasteiger partial charge in [-0.3, -0.25) is 4.79 Å². The summed E-state index contributed by atoms with van der Waals surface area (Å²) in [5.41, 5.74) is 0.823. The molecular formula is C16H14ClN3O5S. The summed E-state index contributed by atoms with van der Waals surface area (Å²) in [4.78, 5) is 31.2. The molecule has 0 saturated carbocycles. The average Bonchev–Trinajstić information content (AvgIpc) is 3.09. The van der Waals surface area contributed by atoms with E-state index in [1.165, 1.54) is 4.88 Å². The van der Waals surface area contributed by atoms with Crippen LogP contribution in [0.15, 0.2) is 35.7 Å². The second-order valence-electron chi connectivity index (χ2n) is 4.64. The lowest BCUT2D eigenvalue weighted by Gasteiger charge is -2.08. The Balaban J connectivity index is 0.000000487. The van der Waals surface area contributed by atoms with Crippen molar-refractivity contribution in [3.05, 3.63) is 51.2 Å². The predicted molar refractivity (Wildman–Crippen MR) is 96.1 cm³/mol. The minimum atomic E-state index is -1.82. The number of nitrogens with one attached hydrogen (secondary N) is 2. The van der Waals surface area contributed by atoms with Crippen LogP contribution in [-0.4, -0.2) is 34.6 Å². The quantitative estimate of drug-likeness (QED) is 0.568. The standard InChI is InChI=1S/C14H12ClN3OS.C2H2O4/c15-11-4-3-10(7-16)13(6-11)18-14(19)9-17-8-12-2-1-5-20-12;3-1(4)2(5)6/h1-6,17H,8-9H2,(H,18,19);(H,3,4)(H,5,6). The van der Waals surface area contributed by atoms with Crippen LogP contribution in [0.1, 0.15) is 10.4 Å². The molecule has 26 heavy (non-hydrogen) atoms. The molecule has 0 aliphatic heterocycles. The summed E-state index contributed by atoms with van der Waals surface area (Å²) in [6.07, 6.45) is 0. The first-order valence-corrected chi connectivity index (χ1v) is 8.28. The summed E-state index contributed by atoms with van der Waals surface area (Å²) in [5, 5.41) is 31.9. The maximum absolute atomic E-state index is 11.8. The van der Waals surface area contributed by atoms with E-state index in [2.05, 4.69) is 10.6 Å². The van der Waals surface area contributed by atoms with Gasteiger partial charge in [0.2, 0.25) is 5.91 Å². The van der Waals surface area contributed by atoms with E-state index in [1.807, 2.05) is 23.6 Å². The number of nitriles is 1. The molecule has 1 amide bonds. The Kier molecular flexibility index (Phi) is 8.80. The van der Waals surface area contributed by atoms with Crippen LogP contribution in [0, 0.1) is 11.3 Å². The molecule has 1 aromatic heterocycles. The van der Waals surface area contributed by atoms with E-state index in [4.69, 9.17) is 36.7 Å². The zero-order valence-corrected chi connectivity index (χ0v) is 14.8. The number of nitrogens with zero attached hydrogens (tertiary/aromatic N) is 1. The van der Waals surface area contributed by atoms with Gasteiger partial charge in [0.1, 0.15) is 6.07 Å². The van der Waals surface area contributed by atoms with Crippen molar-refractivity contribution in [3.8, 4) is 6.07 Å². The Bertz CT molecular complexity index is 806. The van der Waals surface area contributed by atoms with Gasteiger partial charge in [-0.2, -0.15) is 5.26 Å². The third-order valence-corrected chi connectivity index (χ3v) is 3.84. The van der Waals surface area contributed by atoms with Crippen molar-refractivity contribution in [1.82, 2.24) is 5.32 Å². The summed E-state index contributed by atoms with van der Waals surface area (Å²) in [6.45, 7) is 0.820. The molecule has 1 heterocycles. The highest BCUT2D eigenvalue weighted by molar-refractivity contribution is 7.09. The first-order valence-electron chi connectivity index (χ1n) is 7.02. The number of hydrogen-bond acceptors (Lipinski definition) is 6. The SMILES string of the molecule is N#Cc1ccc(Cl)cc1NC(=O)CNCc1cccs1.O=C(O)C(=O)O. The number of aliphatic carboxylic acids is 2. The molecule has 1 aromatic carbocycles. The van der Waals surface area contributed by atoms with Crippen molar-refractivity contribution in [2.45, 2.75) is 6.54 Å². The van der Waals surface area contributed by atoms with Gasteiger partial charge in [0, 0.05) is 16.4 Å². The molecule has 136 valence electrons. The molecule has 4 N–H and O–H groups in total. The number of carbonyl (C=O) groups is 3. The summed E-state index contributed by atoms with van der Waals surface area (Å²) >= 11 is 7.49. The van der Waals surface area contributed by atoms with Crippen LogP contribution < -0.4 is 10.6 Å².